The van der Waals surface area contributed by atoms with E-state index < -0.39 is 0 Å². The van der Waals surface area contributed by atoms with Gasteiger partial charge in [0.05, 0.1) is 13.7 Å². The van der Waals surface area contributed by atoms with Gasteiger partial charge in [0.15, 0.2) is 5.96 Å². The summed E-state index contributed by atoms with van der Waals surface area (Å²) in [7, 11) is 3.15. The van der Waals surface area contributed by atoms with Gasteiger partial charge in [-0.15, -0.1) is 0 Å². The fourth-order valence-electron chi connectivity index (χ4n) is 2.82. The third-order valence-corrected chi connectivity index (χ3v) is 3.96. The standard InChI is InChI=1S/C16H25N3O3/c1-11-6-5-7-19(10-11)16(17-3)18-9-13-8-14(12(2)22-13)15(20)21-4/h8,11H,5-7,9-10H2,1-4H3,(H,17,18). The van der Waals surface area contributed by atoms with Gasteiger partial charge in [0.25, 0.3) is 0 Å². The van der Waals surface area contributed by atoms with Crippen molar-refractivity contribution in [3.63, 3.8) is 0 Å². The number of guanidine groups is 1. The minimum absolute atomic E-state index is 0.373. The Labute approximate surface area is 131 Å². The third-order valence-electron chi connectivity index (χ3n) is 3.96. The summed E-state index contributed by atoms with van der Waals surface area (Å²) in [6.07, 6.45) is 2.46. The summed E-state index contributed by atoms with van der Waals surface area (Å²) < 4.78 is 10.3. The lowest BCUT2D eigenvalue weighted by Crippen LogP contribution is -2.45. The second kappa shape index (κ2) is 7.33. The monoisotopic (exact) mass is 307 g/mol. The number of nitrogens with zero attached hydrogens (tertiary/aromatic N) is 2. The Balaban J connectivity index is 1.97. The minimum atomic E-state index is -0.373. The second-order valence-corrected chi connectivity index (χ2v) is 5.77. The Morgan fingerprint density at radius 3 is 3.00 bits per heavy atom. The van der Waals surface area contributed by atoms with E-state index in [9.17, 15) is 4.79 Å². The molecule has 0 bridgehead atoms. The van der Waals surface area contributed by atoms with Crippen LogP contribution in [0.3, 0.4) is 0 Å². The molecule has 1 saturated heterocycles. The van der Waals surface area contributed by atoms with Crippen molar-refractivity contribution < 1.29 is 13.9 Å². The highest BCUT2D eigenvalue weighted by Gasteiger charge is 2.20. The summed E-state index contributed by atoms with van der Waals surface area (Å²) in [5.74, 6) is 2.46. The molecule has 2 heterocycles. The van der Waals surface area contributed by atoms with Gasteiger partial charge in [-0.25, -0.2) is 4.79 Å². The number of hydrogen-bond acceptors (Lipinski definition) is 4. The smallest absolute Gasteiger partial charge is 0.341 e. The Kier molecular flexibility index (Phi) is 5.46. The molecule has 1 atom stereocenters. The first-order valence-electron chi connectivity index (χ1n) is 7.68. The van der Waals surface area contributed by atoms with Crippen molar-refractivity contribution in [2.75, 3.05) is 27.2 Å². The predicted octanol–water partition coefficient (Wildman–Crippen LogP) is 2.18. The Morgan fingerprint density at radius 2 is 2.36 bits per heavy atom. The van der Waals surface area contributed by atoms with E-state index in [-0.39, 0.29) is 5.97 Å². The van der Waals surface area contributed by atoms with Gasteiger partial charge in [0, 0.05) is 20.1 Å². The molecule has 0 aliphatic carbocycles. The molecule has 1 fully saturated rings. The Bertz CT molecular complexity index is 551. The number of methoxy groups -OCH3 is 1. The molecule has 0 amide bonds. The van der Waals surface area contributed by atoms with E-state index in [1.807, 2.05) is 0 Å². The lowest BCUT2D eigenvalue weighted by atomic mass is 10.0. The van der Waals surface area contributed by atoms with Gasteiger partial charge in [-0.2, -0.15) is 0 Å². The number of nitrogens with one attached hydrogen (secondary N) is 1. The maximum atomic E-state index is 11.6. The number of aliphatic imine (C=N–C) groups is 1. The molecule has 6 heteroatoms. The molecule has 1 aromatic heterocycles. The van der Waals surface area contributed by atoms with Crippen LogP contribution >= 0.6 is 0 Å². The van der Waals surface area contributed by atoms with Crippen LogP contribution in [0.1, 0.15) is 41.6 Å². The van der Waals surface area contributed by atoms with Crippen molar-refractivity contribution in [1.29, 1.82) is 0 Å². The molecule has 2 rings (SSSR count). The topological polar surface area (TPSA) is 67.1 Å². The summed E-state index contributed by atoms with van der Waals surface area (Å²) in [6, 6.07) is 1.72. The summed E-state index contributed by atoms with van der Waals surface area (Å²) in [5.41, 5.74) is 0.473. The van der Waals surface area contributed by atoms with Crippen molar-refractivity contribution in [2.24, 2.45) is 10.9 Å². The molecule has 122 valence electrons. The van der Waals surface area contributed by atoms with Crippen LogP contribution in [-0.2, 0) is 11.3 Å². The highest BCUT2D eigenvalue weighted by Crippen LogP contribution is 2.17. The average molecular weight is 307 g/mol. The third kappa shape index (κ3) is 3.81. The number of ether oxygens (including phenoxy) is 1. The first kappa shape index (κ1) is 16.4. The number of furan rings is 1. The molecule has 1 unspecified atom stereocenters. The predicted molar refractivity (Wildman–Crippen MR) is 85.0 cm³/mol. The number of esters is 1. The van der Waals surface area contributed by atoms with Crippen LogP contribution in [0.2, 0.25) is 0 Å². The molecule has 0 aromatic carbocycles. The van der Waals surface area contributed by atoms with Crippen molar-refractivity contribution in [3.05, 3.63) is 23.2 Å². The zero-order chi connectivity index (χ0) is 16.1. The number of carbonyl (C=O) groups is 1. The van der Waals surface area contributed by atoms with E-state index in [1.165, 1.54) is 20.0 Å². The van der Waals surface area contributed by atoms with Gasteiger partial charge in [-0.1, -0.05) is 6.92 Å². The minimum Gasteiger partial charge on any atom is -0.465 e. The van der Waals surface area contributed by atoms with Gasteiger partial charge in [-0.3, -0.25) is 4.99 Å². The zero-order valence-electron chi connectivity index (χ0n) is 13.8. The first-order chi connectivity index (χ1) is 10.5. The average Bonchev–Trinajstić information content (AvgIpc) is 2.88. The maximum Gasteiger partial charge on any atom is 0.341 e. The largest absolute Gasteiger partial charge is 0.465 e. The van der Waals surface area contributed by atoms with E-state index in [0.29, 0.717) is 29.5 Å². The number of hydrogen-bond donors (Lipinski definition) is 1. The van der Waals surface area contributed by atoms with Crippen molar-refractivity contribution in [3.8, 4) is 0 Å². The number of rotatable bonds is 3. The summed E-state index contributed by atoms with van der Waals surface area (Å²) in [5, 5.41) is 3.30. The number of likely N-dealkylation sites (tertiary alicyclic amines) is 1. The van der Waals surface area contributed by atoms with Gasteiger partial charge in [0.1, 0.15) is 17.1 Å². The summed E-state index contributed by atoms with van der Waals surface area (Å²) in [6.45, 7) is 6.56. The molecule has 1 N–H and O–H groups in total. The molecule has 0 saturated carbocycles. The molecule has 1 aliphatic heterocycles. The number of carbonyl (C=O) groups excluding carboxylic acids is 1. The van der Waals surface area contributed by atoms with E-state index >= 15 is 0 Å². The van der Waals surface area contributed by atoms with E-state index in [0.717, 1.165) is 19.0 Å². The molecule has 1 aliphatic rings. The van der Waals surface area contributed by atoms with Crippen molar-refractivity contribution in [1.82, 2.24) is 10.2 Å². The van der Waals surface area contributed by atoms with Gasteiger partial charge in [0.2, 0.25) is 0 Å². The zero-order valence-corrected chi connectivity index (χ0v) is 13.8. The highest BCUT2D eigenvalue weighted by atomic mass is 16.5. The Hall–Kier alpha value is -1.98. The Morgan fingerprint density at radius 1 is 1.59 bits per heavy atom. The molecule has 6 nitrogen and oxygen atoms in total. The van der Waals surface area contributed by atoms with Crippen LogP contribution in [-0.4, -0.2) is 44.1 Å². The summed E-state index contributed by atoms with van der Waals surface area (Å²) in [4.78, 5) is 18.2. The second-order valence-electron chi connectivity index (χ2n) is 5.77. The van der Waals surface area contributed by atoms with Crippen LogP contribution in [0.4, 0.5) is 0 Å². The van der Waals surface area contributed by atoms with Crippen LogP contribution < -0.4 is 5.32 Å². The normalized spacial score (nSPS) is 19.2. The lowest BCUT2D eigenvalue weighted by molar-refractivity contribution is 0.0599. The van der Waals surface area contributed by atoms with E-state index in [4.69, 9.17) is 9.15 Å². The number of aryl methyl sites for hydroxylation is 1. The quantitative estimate of drug-likeness (QED) is 0.527. The van der Waals surface area contributed by atoms with Crippen LogP contribution in [0.5, 0.6) is 0 Å². The van der Waals surface area contributed by atoms with Crippen LogP contribution in [0, 0.1) is 12.8 Å². The van der Waals surface area contributed by atoms with Gasteiger partial charge < -0.3 is 19.4 Å². The van der Waals surface area contributed by atoms with Gasteiger partial charge in [-0.05, 0) is 31.7 Å². The summed E-state index contributed by atoms with van der Waals surface area (Å²) >= 11 is 0. The maximum absolute atomic E-state index is 11.6. The molecule has 0 radical (unpaired) electrons. The molecule has 1 aromatic rings. The molecule has 22 heavy (non-hydrogen) atoms. The van der Waals surface area contributed by atoms with Gasteiger partial charge >= 0.3 is 5.97 Å². The lowest BCUT2D eigenvalue weighted by Gasteiger charge is -2.33. The molecular weight excluding hydrogens is 282 g/mol. The highest BCUT2D eigenvalue weighted by molar-refractivity contribution is 5.90. The number of piperidine rings is 1. The first-order valence-corrected chi connectivity index (χ1v) is 7.68. The van der Waals surface area contributed by atoms with E-state index in [1.54, 1.807) is 20.0 Å². The fraction of sp³-hybridized carbons (Fsp3) is 0.625. The molecule has 0 spiro atoms. The SMILES string of the molecule is CN=C(NCc1cc(C(=O)OC)c(C)o1)N1CCCC(C)C1. The van der Waals surface area contributed by atoms with E-state index in [2.05, 4.69) is 22.1 Å². The fourth-order valence-corrected chi connectivity index (χ4v) is 2.82. The van der Waals surface area contributed by atoms with Crippen molar-refractivity contribution in [2.45, 2.75) is 33.2 Å². The molecular formula is C16H25N3O3. The van der Waals surface area contributed by atoms with Crippen molar-refractivity contribution >= 4 is 11.9 Å². The van der Waals surface area contributed by atoms with Crippen LogP contribution in [0.25, 0.3) is 0 Å². The van der Waals surface area contributed by atoms with Crippen LogP contribution in [0.15, 0.2) is 15.5 Å².